The zero-order valence-electron chi connectivity index (χ0n) is 13.4. The van der Waals surface area contributed by atoms with Crippen molar-refractivity contribution >= 4 is 5.91 Å². The molecule has 122 valence electrons. The lowest BCUT2D eigenvalue weighted by Crippen LogP contribution is -2.40. The van der Waals surface area contributed by atoms with Crippen molar-refractivity contribution in [2.24, 2.45) is 0 Å². The highest BCUT2D eigenvalue weighted by Gasteiger charge is 2.25. The molecule has 1 aliphatic heterocycles. The van der Waals surface area contributed by atoms with Crippen LogP contribution in [0.1, 0.15) is 30.5 Å². The summed E-state index contributed by atoms with van der Waals surface area (Å²) < 4.78 is 11.3. The molecule has 0 fully saturated rings. The van der Waals surface area contributed by atoms with Crippen molar-refractivity contribution in [2.75, 3.05) is 6.61 Å². The Hall–Kier alpha value is -3.00. The minimum Gasteiger partial charge on any atom is -0.493 e. The molecular weight excluding hydrogens is 304 g/mol. The van der Waals surface area contributed by atoms with Crippen LogP contribution in [0.25, 0.3) is 0 Å². The first-order valence-electron chi connectivity index (χ1n) is 7.86. The van der Waals surface area contributed by atoms with E-state index in [0.29, 0.717) is 17.9 Å². The average Bonchev–Trinajstić information content (AvgIpc) is 2.62. The van der Waals surface area contributed by atoms with Crippen LogP contribution in [0.3, 0.4) is 0 Å². The highest BCUT2D eigenvalue weighted by molar-refractivity contribution is 5.81. The molecule has 1 amide bonds. The van der Waals surface area contributed by atoms with Crippen molar-refractivity contribution in [3.63, 3.8) is 0 Å². The number of para-hydroxylation sites is 1. The van der Waals surface area contributed by atoms with Gasteiger partial charge in [0.05, 0.1) is 24.3 Å². The number of ether oxygens (including phenoxy) is 2. The van der Waals surface area contributed by atoms with Gasteiger partial charge in [-0.05, 0) is 37.3 Å². The van der Waals surface area contributed by atoms with E-state index in [2.05, 4.69) is 5.32 Å². The van der Waals surface area contributed by atoms with Crippen LogP contribution < -0.4 is 14.8 Å². The van der Waals surface area contributed by atoms with Gasteiger partial charge in [0.15, 0.2) is 6.10 Å². The first-order valence-corrected chi connectivity index (χ1v) is 7.86. The normalized spacial score (nSPS) is 16.9. The fourth-order valence-electron chi connectivity index (χ4n) is 2.65. The Morgan fingerprint density at radius 3 is 2.79 bits per heavy atom. The Bertz CT molecular complexity index is 765. The monoisotopic (exact) mass is 322 g/mol. The summed E-state index contributed by atoms with van der Waals surface area (Å²) in [4.78, 5) is 12.4. The van der Waals surface area contributed by atoms with E-state index in [4.69, 9.17) is 14.7 Å². The van der Waals surface area contributed by atoms with Crippen LogP contribution in [0.5, 0.6) is 11.5 Å². The second-order valence-electron chi connectivity index (χ2n) is 5.63. The van der Waals surface area contributed by atoms with Crippen LogP contribution in [0.4, 0.5) is 0 Å². The number of rotatable bonds is 4. The molecule has 1 aliphatic rings. The molecule has 24 heavy (non-hydrogen) atoms. The molecule has 0 bridgehead atoms. The number of nitrogens with one attached hydrogen (secondary N) is 1. The summed E-state index contributed by atoms with van der Waals surface area (Å²) in [5.41, 5.74) is 1.54. The predicted octanol–water partition coefficient (Wildman–Crippen LogP) is 2.97. The minimum atomic E-state index is -0.632. The first-order chi connectivity index (χ1) is 11.7. The third-order valence-electron chi connectivity index (χ3n) is 3.94. The summed E-state index contributed by atoms with van der Waals surface area (Å²) in [6, 6.07) is 16.4. The van der Waals surface area contributed by atoms with Gasteiger partial charge in [-0.15, -0.1) is 0 Å². The first kappa shape index (κ1) is 15.9. The molecule has 0 spiro atoms. The van der Waals surface area contributed by atoms with Crippen LogP contribution >= 0.6 is 0 Å². The van der Waals surface area contributed by atoms with E-state index in [0.717, 1.165) is 17.7 Å². The van der Waals surface area contributed by atoms with E-state index in [1.54, 1.807) is 31.2 Å². The Labute approximate surface area is 140 Å². The predicted molar refractivity (Wildman–Crippen MR) is 88.7 cm³/mol. The number of benzene rings is 2. The molecule has 2 aromatic carbocycles. The van der Waals surface area contributed by atoms with Gasteiger partial charge in [0.1, 0.15) is 11.5 Å². The molecule has 0 unspecified atom stereocenters. The maximum atomic E-state index is 12.4. The summed E-state index contributed by atoms with van der Waals surface area (Å²) in [6.45, 7) is 2.28. The number of carbonyl (C=O) groups excluding carboxylic acids is 1. The van der Waals surface area contributed by atoms with Gasteiger partial charge in [0.25, 0.3) is 5.91 Å². The highest BCUT2D eigenvalue weighted by atomic mass is 16.5. The lowest BCUT2D eigenvalue weighted by molar-refractivity contribution is -0.128. The lowest BCUT2D eigenvalue weighted by atomic mass is 10.0. The molecule has 0 aromatic heterocycles. The Morgan fingerprint density at radius 2 is 2.04 bits per heavy atom. The Morgan fingerprint density at radius 1 is 1.29 bits per heavy atom. The SMILES string of the molecule is C[C@H](Oc1ccc(C#N)cc1)C(=O)N[C@H]1CCOc2ccccc21. The highest BCUT2D eigenvalue weighted by Crippen LogP contribution is 2.31. The molecular formula is C19H18N2O3. The van der Waals surface area contributed by atoms with Crippen LogP contribution in [-0.2, 0) is 4.79 Å². The van der Waals surface area contributed by atoms with Crippen molar-refractivity contribution in [1.29, 1.82) is 5.26 Å². The second kappa shape index (κ2) is 7.05. The zero-order chi connectivity index (χ0) is 16.9. The average molecular weight is 322 g/mol. The van der Waals surface area contributed by atoms with E-state index in [9.17, 15) is 4.79 Å². The Balaban J connectivity index is 1.63. The van der Waals surface area contributed by atoms with Gasteiger partial charge in [-0.1, -0.05) is 18.2 Å². The number of amides is 1. The molecule has 1 N–H and O–H groups in total. The number of hydrogen-bond donors (Lipinski definition) is 1. The summed E-state index contributed by atoms with van der Waals surface area (Å²) in [5.74, 6) is 1.19. The minimum absolute atomic E-state index is 0.0746. The molecule has 0 saturated heterocycles. The van der Waals surface area contributed by atoms with E-state index >= 15 is 0 Å². The van der Waals surface area contributed by atoms with Crippen molar-refractivity contribution < 1.29 is 14.3 Å². The molecule has 5 nitrogen and oxygen atoms in total. The van der Waals surface area contributed by atoms with Crippen LogP contribution in [0.15, 0.2) is 48.5 Å². The summed E-state index contributed by atoms with van der Waals surface area (Å²) in [5, 5.41) is 11.8. The maximum absolute atomic E-state index is 12.4. The van der Waals surface area contributed by atoms with E-state index in [1.165, 1.54) is 0 Å². The van der Waals surface area contributed by atoms with Gasteiger partial charge < -0.3 is 14.8 Å². The van der Waals surface area contributed by atoms with Crippen molar-refractivity contribution in [2.45, 2.75) is 25.5 Å². The fraction of sp³-hybridized carbons (Fsp3) is 0.263. The van der Waals surface area contributed by atoms with Crippen LogP contribution in [-0.4, -0.2) is 18.6 Å². The van der Waals surface area contributed by atoms with Gasteiger partial charge in [-0.25, -0.2) is 0 Å². The van der Waals surface area contributed by atoms with Crippen molar-refractivity contribution in [3.8, 4) is 17.6 Å². The van der Waals surface area contributed by atoms with E-state index in [-0.39, 0.29) is 11.9 Å². The van der Waals surface area contributed by atoms with Crippen LogP contribution in [0, 0.1) is 11.3 Å². The molecule has 0 aliphatic carbocycles. The molecule has 2 aromatic rings. The standard InChI is InChI=1S/C19H18N2O3/c1-13(24-15-8-6-14(12-20)7-9-15)19(22)21-17-10-11-23-18-5-3-2-4-16(17)18/h2-9,13,17H,10-11H2,1H3,(H,21,22)/t13-,17-/m0/s1. The van der Waals surface area contributed by atoms with E-state index in [1.807, 2.05) is 30.3 Å². The summed E-state index contributed by atoms with van der Waals surface area (Å²) >= 11 is 0. The molecule has 0 saturated carbocycles. The number of hydrogen-bond acceptors (Lipinski definition) is 4. The number of nitrogens with zero attached hydrogens (tertiary/aromatic N) is 1. The topological polar surface area (TPSA) is 71.3 Å². The van der Waals surface area contributed by atoms with Gasteiger partial charge in [-0.2, -0.15) is 5.26 Å². The lowest BCUT2D eigenvalue weighted by Gasteiger charge is -2.27. The molecule has 3 rings (SSSR count). The van der Waals surface area contributed by atoms with Gasteiger partial charge in [0.2, 0.25) is 0 Å². The smallest absolute Gasteiger partial charge is 0.261 e. The van der Waals surface area contributed by atoms with Crippen molar-refractivity contribution in [1.82, 2.24) is 5.32 Å². The van der Waals surface area contributed by atoms with Gasteiger partial charge >= 0.3 is 0 Å². The molecule has 0 radical (unpaired) electrons. The third-order valence-corrected chi connectivity index (χ3v) is 3.94. The van der Waals surface area contributed by atoms with Crippen molar-refractivity contribution in [3.05, 3.63) is 59.7 Å². The number of fused-ring (bicyclic) bond motifs is 1. The summed E-state index contributed by atoms with van der Waals surface area (Å²) in [7, 11) is 0. The zero-order valence-corrected chi connectivity index (χ0v) is 13.4. The van der Waals surface area contributed by atoms with E-state index < -0.39 is 6.10 Å². The number of nitriles is 1. The number of carbonyl (C=O) groups is 1. The summed E-state index contributed by atoms with van der Waals surface area (Å²) in [6.07, 6.45) is 0.0970. The van der Waals surface area contributed by atoms with Crippen LogP contribution in [0.2, 0.25) is 0 Å². The third kappa shape index (κ3) is 3.49. The maximum Gasteiger partial charge on any atom is 0.261 e. The quantitative estimate of drug-likeness (QED) is 0.939. The fourth-order valence-corrected chi connectivity index (χ4v) is 2.65. The molecule has 5 heteroatoms. The van der Waals surface area contributed by atoms with Gasteiger partial charge in [-0.3, -0.25) is 4.79 Å². The van der Waals surface area contributed by atoms with Gasteiger partial charge in [0, 0.05) is 12.0 Å². The largest absolute Gasteiger partial charge is 0.493 e. The Kier molecular flexibility index (Phi) is 4.66. The second-order valence-corrected chi connectivity index (χ2v) is 5.63. The molecule has 2 atom stereocenters. The molecule has 1 heterocycles.